The maximum atomic E-state index is 12.0. The van der Waals surface area contributed by atoms with E-state index in [0.717, 1.165) is 14.5 Å². The van der Waals surface area contributed by atoms with E-state index in [2.05, 4.69) is 42.2 Å². The number of pyridine rings is 1. The van der Waals surface area contributed by atoms with Gasteiger partial charge in [0.05, 0.1) is 7.11 Å². The van der Waals surface area contributed by atoms with Gasteiger partial charge in [-0.05, 0) is 23.8 Å². The minimum Gasteiger partial charge on any atom is -0.481 e. The van der Waals surface area contributed by atoms with E-state index in [1.54, 1.807) is 31.5 Å². The van der Waals surface area contributed by atoms with Crippen LogP contribution in [0.15, 0.2) is 45.5 Å². The molecule has 0 saturated carbocycles. The Kier molecular flexibility index (Phi) is 5.14. The number of amides is 1. The van der Waals surface area contributed by atoms with E-state index in [9.17, 15) is 4.79 Å². The zero-order chi connectivity index (χ0) is 14.5. The summed E-state index contributed by atoms with van der Waals surface area (Å²) in [5, 5.41) is 2.85. The molecule has 0 atom stereocenters. The summed E-state index contributed by atoms with van der Waals surface area (Å²) in [5.41, 5.74) is 1.50. The van der Waals surface area contributed by atoms with Gasteiger partial charge in [-0.1, -0.05) is 37.9 Å². The van der Waals surface area contributed by atoms with E-state index in [1.807, 2.05) is 12.1 Å². The number of benzene rings is 1. The fourth-order valence-electron chi connectivity index (χ4n) is 1.61. The third kappa shape index (κ3) is 4.05. The molecule has 1 aromatic heterocycles. The number of aromatic nitrogens is 1. The maximum absolute atomic E-state index is 12.0. The average molecular weight is 400 g/mol. The van der Waals surface area contributed by atoms with Crippen molar-refractivity contribution in [3.63, 3.8) is 0 Å². The Morgan fingerprint density at radius 3 is 2.50 bits per heavy atom. The van der Waals surface area contributed by atoms with Crippen molar-refractivity contribution >= 4 is 37.8 Å². The lowest BCUT2D eigenvalue weighted by atomic mass is 10.2. The standard InChI is InChI=1S/C14H12Br2N2O2/c1-20-13-3-2-9(7-17-13)8-18-14(19)10-4-11(15)6-12(16)5-10/h2-7H,8H2,1H3,(H,18,19). The molecule has 0 bridgehead atoms. The fraction of sp³-hybridized carbons (Fsp3) is 0.143. The van der Waals surface area contributed by atoms with Crippen molar-refractivity contribution in [2.75, 3.05) is 7.11 Å². The number of nitrogens with one attached hydrogen (secondary N) is 1. The van der Waals surface area contributed by atoms with Crippen molar-refractivity contribution < 1.29 is 9.53 Å². The third-order valence-electron chi connectivity index (χ3n) is 2.58. The van der Waals surface area contributed by atoms with Crippen molar-refractivity contribution in [1.29, 1.82) is 0 Å². The number of rotatable bonds is 4. The van der Waals surface area contributed by atoms with Gasteiger partial charge in [-0.3, -0.25) is 4.79 Å². The number of ether oxygens (including phenoxy) is 1. The number of nitrogens with zero attached hydrogens (tertiary/aromatic N) is 1. The molecule has 0 fully saturated rings. The normalized spacial score (nSPS) is 10.2. The zero-order valence-corrected chi connectivity index (χ0v) is 13.9. The Hall–Kier alpha value is -1.40. The van der Waals surface area contributed by atoms with Crippen LogP contribution in [-0.4, -0.2) is 18.0 Å². The van der Waals surface area contributed by atoms with Crippen LogP contribution in [0, 0.1) is 0 Å². The highest BCUT2D eigenvalue weighted by molar-refractivity contribution is 9.11. The highest BCUT2D eigenvalue weighted by Crippen LogP contribution is 2.20. The molecule has 2 aromatic rings. The van der Waals surface area contributed by atoms with Gasteiger partial charge in [0, 0.05) is 33.3 Å². The van der Waals surface area contributed by atoms with Crippen LogP contribution in [0.4, 0.5) is 0 Å². The molecular formula is C14H12Br2N2O2. The minimum atomic E-state index is -0.136. The zero-order valence-electron chi connectivity index (χ0n) is 10.7. The summed E-state index contributed by atoms with van der Waals surface area (Å²) in [7, 11) is 1.56. The lowest BCUT2D eigenvalue weighted by Crippen LogP contribution is -2.22. The van der Waals surface area contributed by atoms with Gasteiger partial charge < -0.3 is 10.1 Å². The van der Waals surface area contributed by atoms with Crippen LogP contribution in [0.25, 0.3) is 0 Å². The minimum absolute atomic E-state index is 0.136. The Balaban J connectivity index is 2.00. The van der Waals surface area contributed by atoms with Crippen LogP contribution in [0.5, 0.6) is 5.88 Å². The molecule has 0 unspecified atom stereocenters. The molecule has 1 heterocycles. The monoisotopic (exact) mass is 398 g/mol. The molecule has 1 aromatic carbocycles. The summed E-state index contributed by atoms with van der Waals surface area (Å²) in [6.45, 7) is 0.417. The summed E-state index contributed by atoms with van der Waals surface area (Å²) in [6.07, 6.45) is 1.68. The number of halogens is 2. The van der Waals surface area contributed by atoms with Gasteiger partial charge >= 0.3 is 0 Å². The summed E-state index contributed by atoms with van der Waals surface area (Å²) < 4.78 is 6.68. The summed E-state index contributed by atoms with van der Waals surface area (Å²) in [5.74, 6) is 0.416. The van der Waals surface area contributed by atoms with Crippen LogP contribution in [0.2, 0.25) is 0 Å². The smallest absolute Gasteiger partial charge is 0.251 e. The van der Waals surface area contributed by atoms with Crippen molar-refractivity contribution in [3.05, 3.63) is 56.6 Å². The van der Waals surface area contributed by atoms with E-state index >= 15 is 0 Å². The van der Waals surface area contributed by atoms with Crippen LogP contribution < -0.4 is 10.1 Å². The molecule has 104 valence electrons. The second-order valence-corrected chi connectivity index (χ2v) is 5.88. The molecule has 0 spiro atoms. The van der Waals surface area contributed by atoms with Gasteiger partial charge in [-0.15, -0.1) is 0 Å². The molecule has 0 aliphatic heterocycles. The van der Waals surface area contributed by atoms with Gasteiger partial charge in [-0.2, -0.15) is 0 Å². The second-order valence-electron chi connectivity index (χ2n) is 4.05. The number of methoxy groups -OCH3 is 1. The summed E-state index contributed by atoms with van der Waals surface area (Å²) in [6, 6.07) is 9.04. The first-order valence-corrected chi connectivity index (χ1v) is 7.40. The molecule has 0 saturated heterocycles. The van der Waals surface area contributed by atoms with Gasteiger partial charge in [0.25, 0.3) is 5.91 Å². The van der Waals surface area contributed by atoms with Crippen LogP contribution in [0.1, 0.15) is 15.9 Å². The first-order valence-electron chi connectivity index (χ1n) is 5.81. The van der Waals surface area contributed by atoms with E-state index in [1.165, 1.54) is 0 Å². The van der Waals surface area contributed by atoms with E-state index in [-0.39, 0.29) is 5.91 Å². The molecule has 0 aliphatic rings. The van der Waals surface area contributed by atoms with Crippen LogP contribution >= 0.6 is 31.9 Å². The molecule has 1 N–H and O–H groups in total. The van der Waals surface area contributed by atoms with Crippen molar-refractivity contribution in [1.82, 2.24) is 10.3 Å². The lowest BCUT2D eigenvalue weighted by molar-refractivity contribution is 0.0951. The molecule has 0 radical (unpaired) electrons. The lowest BCUT2D eigenvalue weighted by Gasteiger charge is -2.07. The number of hydrogen-bond donors (Lipinski definition) is 1. The van der Waals surface area contributed by atoms with Gasteiger partial charge in [0.2, 0.25) is 5.88 Å². The second kappa shape index (κ2) is 6.85. The number of carbonyl (C=O) groups excluding carboxylic acids is 1. The molecular weight excluding hydrogens is 388 g/mol. The predicted molar refractivity (Wildman–Crippen MR) is 83.8 cm³/mol. The largest absolute Gasteiger partial charge is 0.481 e. The van der Waals surface area contributed by atoms with Crippen LogP contribution in [0.3, 0.4) is 0 Å². The van der Waals surface area contributed by atoms with Crippen molar-refractivity contribution in [2.24, 2.45) is 0 Å². The Morgan fingerprint density at radius 1 is 1.25 bits per heavy atom. The quantitative estimate of drug-likeness (QED) is 0.855. The van der Waals surface area contributed by atoms with Gasteiger partial charge in [0.1, 0.15) is 0 Å². The first kappa shape index (κ1) is 15.0. The fourth-order valence-corrected chi connectivity index (χ4v) is 2.90. The maximum Gasteiger partial charge on any atom is 0.251 e. The van der Waals surface area contributed by atoms with E-state index < -0.39 is 0 Å². The van der Waals surface area contributed by atoms with Gasteiger partial charge in [-0.25, -0.2) is 4.98 Å². The third-order valence-corrected chi connectivity index (χ3v) is 3.50. The molecule has 6 heteroatoms. The predicted octanol–water partition coefficient (Wildman–Crippen LogP) is 3.55. The molecule has 1 amide bonds. The molecule has 4 nitrogen and oxygen atoms in total. The number of carbonyl (C=O) groups is 1. The van der Waals surface area contributed by atoms with E-state index in [4.69, 9.17) is 4.74 Å². The Labute approximate surface area is 133 Å². The highest BCUT2D eigenvalue weighted by Gasteiger charge is 2.07. The van der Waals surface area contributed by atoms with Gasteiger partial charge in [0.15, 0.2) is 0 Å². The first-order chi connectivity index (χ1) is 9.58. The topological polar surface area (TPSA) is 51.2 Å². The van der Waals surface area contributed by atoms with Crippen LogP contribution in [-0.2, 0) is 6.54 Å². The summed E-state index contributed by atoms with van der Waals surface area (Å²) in [4.78, 5) is 16.1. The van der Waals surface area contributed by atoms with Crippen molar-refractivity contribution in [3.8, 4) is 5.88 Å². The number of hydrogen-bond acceptors (Lipinski definition) is 3. The highest BCUT2D eigenvalue weighted by atomic mass is 79.9. The average Bonchev–Trinajstić information content (AvgIpc) is 2.44. The summed E-state index contributed by atoms with van der Waals surface area (Å²) >= 11 is 6.72. The molecule has 20 heavy (non-hydrogen) atoms. The Morgan fingerprint density at radius 2 is 1.95 bits per heavy atom. The molecule has 2 rings (SSSR count). The Bertz CT molecular complexity index is 595. The molecule has 0 aliphatic carbocycles. The van der Waals surface area contributed by atoms with Crippen molar-refractivity contribution in [2.45, 2.75) is 6.54 Å². The SMILES string of the molecule is COc1ccc(CNC(=O)c2cc(Br)cc(Br)c2)cn1. The van der Waals surface area contributed by atoms with E-state index in [0.29, 0.717) is 18.0 Å².